The maximum atomic E-state index is 12.9. The highest BCUT2D eigenvalue weighted by molar-refractivity contribution is 5.78. The van der Waals surface area contributed by atoms with Crippen LogP contribution in [0.4, 0.5) is 4.39 Å². The van der Waals surface area contributed by atoms with Crippen molar-refractivity contribution in [3.63, 3.8) is 0 Å². The van der Waals surface area contributed by atoms with Crippen molar-refractivity contribution in [3.8, 4) is 0 Å². The lowest BCUT2D eigenvalue weighted by atomic mass is 10.0. The lowest BCUT2D eigenvalue weighted by Crippen LogP contribution is -2.45. The molecule has 1 amide bonds. The van der Waals surface area contributed by atoms with Gasteiger partial charge in [0.25, 0.3) is 0 Å². The monoisotopic (exact) mass is 266 g/mol. The Labute approximate surface area is 114 Å². The van der Waals surface area contributed by atoms with E-state index < -0.39 is 0 Å². The first-order valence-corrected chi connectivity index (χ1v) is 6.61. The number of amides is 1. The summed E-state index contributed by atoms with van der Waals surface area (Å²) in [5.74, 6) is -0.280. The largest absolute Gasteiger partial charge is 0.350 e. The van der Waals surface area contributed by atoms with Crippen LogP contribution in [0.3, 0.4) is 0 Å². The number of hydrogen-bond acceptors (Lipinski definition) is 2. The minimum absolute atomic E-state index is 0.0342. The van der Waals surface area contributed by atoms with E-state index in [0.717, 1.165) is 12.0 Å². The van der Waals surface area contributed by atoms with Crippen LogP contribution in [0, 0.1) is 5.82 Å². The van der Waals surface area contributed by atoms with Crippen LogP contribution in [0.2, 0.25) is 0 Å². The third kappa shape index (κ3) is 5.83. The van der Waals surface area contributed by atoms with Crippen LogP contribution in [0.1, 0.15) is 45.7 Å². The first kappa shape index (κ1) is 15.6. The average molecular weight is 266 g/mol. The Morgan fingerprint density at radius 1 is 1.26 bits per heavy atom. The van der Waals surface area contributed by atoms with Gasteiger partial charge in [0.1, 0.15) is 5.82 Å². The minimum atomic E-state index is -0.246. The number of carbonyl (C=O) groups is 1. The Morgan fingerprint density at radius 3 is 2.32 bits per heavy atom. The number of benzene rings is 1. The minimum Gasteiger partial charge on any atom is -0.350 e. The molecular weight excluding hydrogens is 243 g/mol. The molecule has 3 nitrogen and oxygen atoms in total. The van der Waals surface area contributed by atoms with Gasteiger partial charge in [-0.15, -0.1) is 0 Å². The van der Waals surface area contributed by atoms with Crippen LogP contribution in [0.15, 0.2) is 24.3 Å². The maximum absolute atomic E-state index is 12.9. The molecule has 0 bridgehead atoms. The quantitative estimate of drug-likeness (QED) is 0.860. The second-order valence-electron chi connectivity index (χ2n) is 5.69. The predicted molar refractivity (Wildman–Crippen MR) is 75.3 cm³/mol. The SMILES string of the molecule is CCC(NCC(=O)NC(C)(C)C)c1ccc(F)cc1. The van der Waals surface area contributed by atoms with E-state index in [1.807, 2.05) is 27.7 Å². The molecule has 0 saturated heterocycles. The molecule has 0 heterocycles. The van der Waals surface area contributed by atoms with Gasteiger partial charge >= 0.3 is 0 Å². The molecule has 0 aromatic heterocycles. The summed E-state index contributed by atoms with van der Waals surface area (Å²) < 4.78 is 12.9. The number of rotatable bonds is 5. The summed E-state index contributed by atoms with van der Waals surface area (Å²) in [6.45, 7) is 8.13. The van der Waals surface area contributed by atoms with Gasteiger partial charge in [-0.1, -0.05) is 19.1 Å². The summed E-state index contributed by atoms with van der Waals surface area (Å²) in [7, 11) is 0. The van der Waals surface area contributed by atoms with Gasteiger partial charge in [0, 0.05) is 11.6 Å². The van der Waals surface area contributed by atoms with E-state index in [1.54, 1.807) is 12.1 Å². The fourth-order valence-corrected chi connectivity index (χ4v) is 1.87. The first-order valence-electron chi connectivity index (χ1n) is 6.61. The normalized spacial score (nSPS) is 13.1. The van der Waals surface area contributed by atoms with Gasteiger partial charge in [-0.2, -0.15) is 0 Å². The van der Waals surface area contributed by atoms with Crippen molar-refractivity contribution in [2.24, 2.45) is 0 Å². The van der Waals surface area contributed by atoms with Gasteiger partial charge in [-0.25, -0.2) is 4.39 Å². The molecule has 0 aliphatic rings. The van der Waals surface area contributed by atoms with Crippen LogP contribution < -0.4 is 10.6 Å². The zero-order valence-electron chi connectivity index (χ0n) is 12.1. The molecule has 0 aliphatic heterocycles. The fraction of sp³-hybridized carbons (Fsp3) is 0.533. The van der Waals surface area contributed by atoms with E-state index in [4.69, 9.17) is 0 Å². The molecular formula is C15H23FN2O. The fourth-order valence-electron chi connectivity index (χ4n) is 1.87. The molecule has 4 heteroatoms. The molecule has 0 saturated carbocycles. The molecule has 0 fully saturated rings. The van der Waals surface area contributed by atoms with Crippen LogP contribution in [0.5, 0.6) is 0 Å². The van der Waals surface area contributed by atoms with Crippen molar-refractivity contribution in [3.05, 3.63) is 35.6 Å². The maximum Gasteiger partial charge on any atom is 0.234 e. The van der Waals surface area contributed by atoms with Crippen LogP contribution in [-0.2, 0) is 4.79 Å². The van der Waals surface area contributed by atoms with Gasteiger partial charge in [-0.3, -0.25) is 4.79 Å². The summed E-state index contributed by atoms with van der Waals surface area (Å²) in [5.41, 5.74) is 0.767. The zero-order chi connectivity index (χ0) is 14.5. The third-order valence-corrected chi connectivity index (χ3v) is 2.70. The molecule has 19 heavy (non-hydrogen) atoms. The van der Waals surface area contributed by atoms with Crippen LogP contribution >= 0.6 is 0 Å². The number of hydrogen-bond donors (Lipinski definition) is 2. The van der Waals surface area contributed by atoms with E-state index in [2.05, 4.69) is 10.6 Å². The van der Waals surface area contributed by atoms with Crippen molar-refractivity contribution >= 4 is 5.91 Å². The van der Waals surface area contributed by atoms with Gasteiger partial charge in [0.15, 0.2) is 0 Å². The van der Waals surface area contributed by atoms with Gasteiger partial charge in [0.05, 0.1) is 6.54 Å². The number of carbonyl (C=O) groups excluding carboxylic acids is 1. The Bertz CT molecular complexity index is 409. The van der Waals surface area contributed by atoms with E-state index >= 15 is 0 Å². The summed E-state index contributed by atoms with van der Waals surface area (Å²) >= 11 is 0. The Balaban J connectivity index is 2.54. The highest BCUT2D eigenvalue weighted by Crippen LogP contribution is 2.16. The van der Waals surface area contributed by atoms with Gasteiger partial charge in [0.2, 0.25) is 5.91 Å². The van der Waals surface area contributed by atoms with Gasteiger partial charge in [-0.05, 0) is 44.9 Å². The average Bonchev–Trinajstić information content (AvgIpc) is 2.29. The first-order chi connectivity index (χ1) is 8.81. The number of nitrogens with one attached hydrogen (secondary N) is 2. The van der Waals surface area contributed by atoms with Crippen molar-refractivity contribution in [1.29, 1.82) is 0 Å². The molecule has 1 unspecified atom stereocenters. The van der Waals surface area contributed by atoms with Crippen molar-refractivity contribution in [2.75, 3.05) is 6.54 Å². The molecule has 1 rings (SSSR count). The van der Waals surface area contributed by atoms with E-state index in [1.165, 1.54) is 12.1 Å². The van der Waals surface area contributed by atoms with E-state index in [0.29, 0.717) is 0 Å². The van der Waals surface area contributed by atoms with E-state index in [-0.39, 0.29) is 29.8 Å². The molecule has 1 aromatic carbocycles. The lowest BCUT2D eigenvalue weighted by Gasteiger charge is -2.22. The molecule has 0 aliphatic carbocycles. The molecule has 106 valence electrons. The second kappa shape index (κ2) is 6.66. The smallest absolute Gasteiger partial charge is 0.234 e. The van der Waals surface area contributed by atoms with Crippen molar-refractivity contribution < 1.29 is 9.18 Å². The summed E-state index contributed by atoms with van der Waals surface area (Å²) in [4.78, 5) is 11.7. The van der Waals surface area contributed by atoms with Crippen molar-refractivity contribution in [2.45, 2.75) is 45.7 Å². The highest BCUT2D eigenvalue weighted by atomic mass is 19.1. The highest BCUT2D eigenvalue weighted by Gasteiger charge is 2.15. The van der Waals surface area contributed by atoms with Gasteiger partial charge < -0.3 is 10.6 Å². The second-order valence-corrected chi connectivity index (χ2v) is 5.69. The summed E-state index contributed by atoms with van der Waals surface area (Å²) in [6, 6.07) is 6.44. The lowest BCUT2D eigenvalue weighted by molar-refractivity contribution is -0.121. The Hall–Kier alpha value is -1.42. The molecule has 0 radical (unpaired) electrons. The third-order valence-electron chi connectivity index (χ3n) is 2.70. The topological polar surface area (TPSA) is 41.1 Å². The summed E-state index contributed by atoms with van der Waals surface area (Å²) in [6.07, 6.45) is 0.842. The van der Waals surface area contributed by atoms with E-state index in [9.17, 15) is 9.18 Å². The Kier molecular flexibility index (Phi) is 5.48. The molecule has 1 atom stereocenters. The molecule has 2 N–H and O–H groups in total. The predicted octanol–water partition coefficient (Wildman–Crippen LogP) is 2.78. The Morgan fingerprint density at radius 2 is 1.84 bits per heavy atom. The van der Waals surface area contributed by atoms with Crippen LogP contribution in [-0.4, -0.2) is 18.0 Å². The standard InChI is InChI=1S/C15H23FN2O/c1-5-13(11-6-8-12(16)9-7-11)17-10-14(19)18-15(2,3)4/h6-9,13,17H,5,10H2,1-4H3,(H,18,19). The molecule has 1 aromatic rings. The number of halogens is 1. The summed E-state index contributed by atoms with van der Waals surface area (Å²) in [5, 5.41) is 6.09. The molecule has 0 spiro atoms. The van der Waals surface area contributed by atoms with Crippen LogP contribution in [0.25, 0.3) is 0 Å². The zero-order valence-corrected chi connectivity index (χ0v) is 12.1. The van der Waals surface area contributed by atoms with Crippen molar-refractivity contribution in [1.82, 2.24) is 10.6 Å².